The Labute approximate surface area is 152 Å². The molecule has 0 radical (unpaired) electrons. The van der Waals surface area contributed by atoms with Crippen molar-refractivity contribution in [3.05, 3.63) is 76.3 Å². The molecule has 4 rings (SSSR count). The van der Waals surface area contributed by atoms with E-state index in [0.29, 0.717) is 11.5 Å². The first-order valence-electron chi connectivity index (χ1n) is 7.63. The lowest BCUT2D eigenvalue weighted by Gasteiger charge is -2.25. The van der Waals surface area contributed by atoms with Crippen molar-refractivity contribution in [1.29, 1.82) is 0 Å². The van der Waals surface area contributed by atoms with Gasteiger partial charge in [-0.15, -0.1) is 0 Å². The quantitative estimate of drug-likeness (QED) is 0.713. The first-order valence-corrected chi connectivity index (χ1v) is 8.43. The second-order valence-corrected chi connectivity index (χ2v) is 6.49. The molecule has 7 heteroatoms. The lowest BCUT2D eigenvalue weighted by molar-refractivity contribution is 0.414. The summed E-state index contributed by atoms with van der Waals surface area (Å²) in [5, 5.41) is 7.48. The standard InChI is InChI=1S/C18H14BrFN4O/c1-25-13-4-2-3-11(7-13)16-9-17(24-18(23-16)21-10-22-24)14-8-12(19)5-6-15(14)20/h2-10,17H,1H3,(H,21,22,23)/t17-/m0/s1. The van der Waals surface area contributed by atoms with Crippen LogP contribution in [0, 0.1) is 5.82 Å². The monoisotopic (exact) mass is 400 g/mol. The predicted molar refractivity (Wildman–Crippen MR) is 96.9 cm³/mol. The summed E-state index contributed by atoms with van der Waals surface area (Å²) in [5.74, 6) is 1.01. The summed E-state index contributed by atoms with van der Waals surface area (Å²) < 4.78 is 22.2. The molecule has 2 aromatic carbocycles. The first-order chi connectivity index (χ1) is 12.2. The maximum absolute atomic E-state index is 14.5. The zero-order valence-corrected chi connectivity index (χ0v) is 14.9. The Hall–Kier alpha value is -2.67. The van der Waals surface area contributed by atoms with Gasteiger partial charge in [0.05, 0.1) is 7.11 Å². The number of aromatic nitrogens is 3. The van der Waals surface area contributed by atoms with Gasteiger partial charge in [-0.25, -0.2) is 9.07 Å². The van der Waals surface area contributed by atoms with Crippen LogP contribution < -0.4 is 10.1 Å². The predicted octanol–water partition coefficient (Wildman–Crippen LogP) is 4.24. The minimum Gasteiger partial charge on any atom is -0.497 e. The van der Waals surface area contributed by atoms with Gasteiger partial charge in [-0.2, -0.15) is 10.1 Å². The fraction of sp³-hybridized carbons (Fsp3) is 0.111. The third kappa shape index (κ3) is 2.91. The van der Waals surface area contributed by atoms with Crippen molar-refractivity contribution in [2.45, 2.75) is 6.04 Å². The van der Waals surface area contributed by atoms with E-state index in [9.17, 15) is 4.39 Å². The average molecular weight is 401 g/mol. The largest absolute Gasteiger partial charge is 0.497 e. The number of benzene rings is 2. The molecule has 5 nitrogen and oxygen atoms in total. The topological polar surface area (TPSA) is 52.0 Å². The molecule has 0 aliphatic carbocycles. The first kappa shape index (κ1) is 15.8. The minimum atomic E-state index is -0.405. The van der Waals surface area contributed by atoms with Crippen LogP contribution >= 0.6 is 15.9 Å². The van der Waals surface area contributed by atoms with Gasteiger partial charge in [-0.3, -0.25) is 0 Å². The van der Waals surface area contributed by atoms with E-state index in [0.717, 1.165) is 21.5 Å². The summed E-state index contributed by atoms with van der Waals surface area (Å²) in [7, 11) is 1.62. The van der Waals surface area contributed by atoms with Crippen molar-refractivity contribution in [2.75, 3.05) is 12.4 Å². The highest BCUT2D eigenvalue weighted by Gasteiger charge is 2.25. The molecular formula is C18H14BrFN4O. The second kappa shape index (κ2) is 6.33. The van der Waals surface area contributed by atoms with Gasteiger partial charge in [0.25, 0.3) is 0 Å². The van der Waals surface area contributed by atoms with Crippen molar-refractivity contribution < 1.29 is 9.13 Å². The molecular weight excluding hydrogens is 387 g/mol. The zero-order chi connectivity index (χ0) is 17.4. The highest BCUT2D eigenvalue weighted by atomic mass is 79.9. The lowest BCUT2D eigenvalue weighted by atomic mass is 10.0. The van der Waals surface area contributed by atoms with Crippen LogP contribution in [0.3, 0.4) is 0 Å². The fourth-order valence-corrected chi connectivity index (χ4v) is 3.23. The second-order valence-electron chi connectivity index (χ2n) is 5.58. The fourth-order valence-electron chi connectivity index (χ4n) is 2.86. The number of rotatable bonds is 3. The SMILES string of the molecule is COc1cccc(C2=C[C@@H](c3cc(Br)ccc3F)n3ncnc3N2)c1. The van der Waals surface area contributed by atoms with Crippen LogP contribution in [0.4, 0.5) is 10.3 Å². The number of hydrogen-bond acceptors (Lipinski definition) is 4. The highest BCUT2D eigenvalue weighted by molar-refractivity contribution is 9.10. The Morgan fingerprint density at radius 3 is 2.96 bits per heavy atom. The molecule has 2 heterocycles. The van der Waals surface area contributed by atoms with Crippen LogP contribution in [-0.2, 0) is 0 Å². The molecule has 1 aromatic heterocycles. The summed E-state index contributed by atoms with van der Waals surface area (Å²) in [6.45, 7) is 0. The molecule has 0 bridgehead atoms. The van der Waals surface area contributed by atoms with Crippen LogP contribution in [-0.4, -0.2) is 21.9 Å². The highest BCUT2D eigenvalue weighted by Crippen LogP contribution is 2.34. The number of fused-ring (bicyclic) bond motifs is 1. The third-order valence-corrected chi connectivity index (χ3v) is 4.56. The van der Waals surface area contributed by atoms with E-state index in [1.807, 2.05) is 30.3 Å². The van der Waals surface area contributed by atoms with Crippen molar-refractivity contribution in [2.24, 2.45) is 0 Å². The van der Waals surface area contributed by atoms with Crippen molar-refractivity contribution in [3.8, 4) is 5.75 Å². The maximum atomic E-state index is 14.5. The number of nitrogens with zero attached hydrogens (tertiary/aromatic N) is 3. The number of nitrogens with one attached hydrogen (secondary N) is 1. The summed E-state index contributed by atoms with van der Waals surface area (Å²) in [6.07, 6.45) is 3.38. The van der Waals surface area contributed by atoms with Crippen molar-refractivity contribution in [1.82, 2.24) is 14.8 Å². The van der Waals surface area contributed by atoms with E-state index in [-0.39, 0.29) is 5.82 Å². The molecule has 3 aromatic rings. The Bertz CT molecular complexity index is 969. The number of anilines is 1. The minimum absolute atomic E-state index is 0.294. The number of halogens is 2. The van der Waals surface area contributed by atoms with Gasteiger partial charge in [0.2, 0.25) is 5.95 Å². The number of allylic oxidation sites excluding steroid dienone is 1. The van der Waals surface area contributed by atoms with Gasteiger partial charge in [0, 0.05) is 21.3 Å². The van der Waals surface area contributed by atoms with Crippen LogP contribution in [0.1, 0.15) is 17.2 Å². The van der Waals surface area contributed by atoms with Crippen LogP contribution in [0.15, 0.2) is 59.3 Å². The Kier molecular flexibility index (Phi) is 4.01. The molecule has 0 amide bonds. The van der Waals surface area contributed by atoms with Gasteiger partial charge in [-0.05, 0) is 36.4 Å². The molecule has 0 spiro atoms. The molecule has 1 aliphatic rings. The van der Waals surface area contributed by atoms with Crippen LogP contribution in [0.2, 0.25) is 0 Å². The average Bonchev–Trinajstić information content (AvgIpc) is 3.11. The van der Waals surface area contributed by atoms with E-state index in [1.165, 1.54) is 12.4 Å². The maximum Gasteiger partial charge on any atom is 0.226 e. The third-order valence-electron chi connectivity index (χ3n) is 4.06. The molecule has 0 saturated carbocycles. The normalized spacial score (nSPS) is 16.0. The summed E-state index contributed by atoms with van der Waals surface area (Å²) in [6, 6.07) is 12.1. The summed E-state index contributed by atoms with van der Waals surface area (Å²) in [5.41, 5.74) is 2.26. The molecule has 1 atom stereocenters. The summed E-state index contributed by atoms with van der Waals surface area (Å²) >= 11 is 3.41. The molecule has 1 aliphatic heterocycles. The smallest absolute Gasteiger partial charge is 0.226 e. The molecule has 0 saturated heterocycles. The van der Waals surface area contributed by atoms with E-state index in [2.05, 4.69) is 31.3 Å². The zero-order valence-electron chi connectivity index (χ0n) is 13.3. The van der Waals surface area contributed by atoms with E-state index >= 15 is 0 Å². The van der Waals surface area contributed by atoms with Gasteiger partial charge >= 0.3 is 0 Å². The van der Waals surface area contributed by atoms with E-state index in [1.54, 1.807) is 23.9 Å². The van der Waals surface area contributed by atoms with Gasteiger partial charge in [0.15, 0.2) is 0 Å². The van der Waals surface area contributed by atoms with E-state index in [4.69, 9.17) is 4.74 Å². The Morgan fingerprint density at radius 2 is 2.12 bits per heavy atom. The van der Waals surface area contributed by atoms with Gasteiger partial charge < -0.3 is 10.1 Å². The molecule has 25 heavy (non-hydrogen) atoms. The molecule has 1 N–H and O–H groups in total. The van der Waals surface area contributed by atoms with Gasteiger partial charge in [0.1, 0.15) is 23.9 Å². The lowest BCUT2D eigenvalue weighted by Crippen LogP contribution is -2.21. The van der Waals surface area contributed by atoms with Crippen LogP contribution in [0.25, 0.3) is 5.70 Å². The summed E-state index contributed by atoms with van der Waals surface area (Å²) in [4.78, 5) is 4.24. The van der Waals surface area contributed by atoms with Crippen LogP contribution in [0.5, 0.6) is 5.75 Å². The van der Waals surface area contributed by atoms with Gasteiger partial charge in [-0.1, -0.05) is 28.1 Å². The molecule has 126 valence electrons. The van der Waals surface area contributed by atoms with E-state index < -0.39 is 6.04 Å². The molecule has 0 fully saturated rings. The number of methoxy groups -OCH3 is 1. The van der Waals surface area contributed by atoms with Crippen molar-refractivity contribution in [3.63, 3.8) is 0 Å². The Balaban J connectivity index is 1.84. The van der Waals surface area contributed by atoms with Crippen molar-refractivity contribution >= 4 is 27.6 Å². The molecule has 0 unspecified atom stereocenters. The number of ether oxygens (including phenoxy) is 1. The number of hydrogen-bond donors (Lipinski definition) is 1. The Morgan fingerprint density at radius 1 is 1.24 bits per heavy atom.